The Morgan fingerprint density at radius 2 is 1.17 bits per heavy atom. The number of hydrogen-bond donors (Lipinski definition) is 0. The van der Waals surface area contributed by atoms with Gasteiger partial charge in [0.05, 0.1) is 16.6 Å². The van der Waals surface area contributed by atoms with Crippen LogP contribution < -0.4 is 0 Å². The Bertz CT molecular complexity index is 1950. The van der Waals surface area contributed by atoms with Gasteiger partial charge in [-0.05, 0) is 35.0 Å². The number of rotatable bonds is 0. The molecule has 0 fully saturated rings. The molecule has 0 saturated heterocycles. The zero-order chi connectivity index (χ0) is 19.4. The summed E-state index contributed by atoms with van der Waals surface area (Å²) >= 11 is 0. The molecule has 3 aromatic heterocycles. The summed E-state index contributed by atoms with van der Waals surface area (Å²) in [5.41, 5.74) is 5.71. The van der Waals surface area contributed by atoms with E-state index in [1.54, 1.807) is 0 Å². The summed E-state index contributed by atoms with van der Waals surface area (Å²) in [6.45, 7) is 0. The number of nitrogens with zero attached hydrogens (tertiary/aromatic N) is 1. The predicted molar refractivity (Wildman–Crippen MR) is 126 cm³/mol. The average Bonchev–Trinajstić information content (AvgIpc) is 3.44. The van der Waals surface area contributed by atoms with E-state index in [4.69, 9.17) is 4.42 Å². The molecule has 5 aromatic carbocycles. The number of benzene rings is 5. The van der Waals surface area contributed by atoms with Crippen molar-refractivity contribution < 1.29 is 4.42 Å². The van der Waals surface area contributed by atoms with Crippen molar-refractivity contribution in [3.63, 3.8) is 0 Å². The molecule has 0 amide bonds. The third kappa shape index (κ3) is 1.56. The van der Waals surface area contributed by atoms with E-state index in [0.29, 0.717) is 0 Å². The van der Waals surface area contributed by atoms with Crippen LogP contribution in [0, 0.1) is 0 Å². The Balaban J connectivity index is 1.74. The van der Waals surface area contributed by atoms with Crippen molar-refractivity contribution in [2.24, 2.45) is 0 Å². The van der Waals surface area contributed by atoms with Gasteiger partial charge in [0.2, 0.25) is 0 Å². The standard InChI is InChI=1S/C28H15NO/c1-2-7-17-16(6-1)12-13-21-25(17)19-9-5-10-20-26-22(29(21)28(19)20)14-15-24-27(26)18-8-3-4-11-23(18)30-24/h1-15H. The maximum atomic E-state index is 6.18. The highest BCUT2D eigenvalue weighted by Crippen LogP contribution is 2.45. The van der Waals surface area contributed by atoms with Gasteiger partial charge in [-0.15, -0.1) is 0 Å². The second kappa shape index (κ2) is 4.92. The molecule has 8 aromatic rings. The maximum Gasteiger partial charge on any atom is 0.136 e. The number of para-hydroxylation sites is 2. The molecule has 30 heavy (non-hydrogen) atoms. The summed E-state index contributed by atoms with van der Waals surface area (Å²) in [4.78, 5) is 0. The number of fused-ring (bicyclic) bond motifs is 12. The fourth-order valence-electron chi connectivity index (χ4n) is 5.55. The van der Waals surface area contributed by atoms with Crippen molar-refractivity contribution >= 4 is 70.8 Å². The third-order valence-corrected chi connectivity index (χ3v) is 6.71. The lowest BCUT2D eigenvalue weighted by molar-refractivity contribution is 0.669. The highest BCUT2D eigenvalue weighted by atomic mass is 16.3. The van der Waals surface area contributed by atoms with Crippen LogP contribution in [0.3, 0.4) is 0 Å². The Kier molecular flexibility index (Phi) is 2.44. The minimum absolute atomic E-state index is 0.945. The van der Waals surface area contributed by atoms with Crippen LogP contribution in [0.1, 0.15) is 0 Å². The van der Waals surface area contributed by atoms with Gasteiger partial charge in [-0.3, -0.25) is 0 Å². The first-order valence-corrected chi connectivity index (χ1v) is 10.3. The van der Waals surface area contributed by atoms with Crippen LogP contribution in [0.4, 0.5) is 0 Å². The second-order valence-electron chi connectivity index (χ2n) is 8.15. The van der Waals surface area contributed by atoms with Crippen molar-refractivity contribution in [1.29, 1.82) is 0 Å². The first-order chi connectivity index (χ1) is 14.9. The molecule has 0 saturated carbocycles. The Morgan fingerprint density at radius 1 is 0.467 bits per heavy atom. The van der Waals surface area contributed by atoms with E-state index in [-0.39, 0.29) is 0 Å². The smallest absolute Gasteiger partial charge is 0.136 e. The van der Waals surface area contributed by atoms with Crippen molar-refractivity contribution in [2.75, 3.05) is 0 Å². The van der Waals surface area contributed by atoms with Gasteiger partial charge >= 0.3 is 0 Å². The molecule has 3 heterocycles. The molecule has 0 radical (unpaired) electrons. The van der Waals surface area contributed by atoms with Crippen LogP contribution in [0.25, 0.3) is 70.8 Å². The first-order valence-electron chi connectivity index (χ1n) is 10.3. The monoisotopic (exact) mass is 381 g/mol. The maximum absolute atomic E-state index is 6.18. The van der Waals surface area contributed by atoms with Crippen molar-refractivity contribution in [3.05, 3.63) is 91.0 Å². The molecule has 0 aliphatic rings. The van der Waals surface area contributed by atoms with E-state index in [2.05, 4.69) is 89.3 Å². The summed E-state index contributed by atoms with van der Waals surface area (Å²) in [6.07, 6.45) is 0. The molecule has 0 aliphatic heterocycles. The molecule has 0 N–H and O–H groups in total. The van der Waals surface area contributed by atoms with E-state index >= 15 is 0 Å². The number of furan rings is 1. The minimum Gasteiger partial charge on any atom is -0.456 e. The molecule has 0 spiro atoms. The van der Waals surface area contributed by atoms with E-state index in [1.165, 1.54) is 59.6 Å². The zero-order valence-electron chi connectivity index (χ0n) is 16.0. The zero-order valence-corrected chi connectivity index (χ0v) is 16.0. The lowest BCUT2D eigenvalue weighted by Gasteiger charge is -2.03. The van der Waals surface area contributed by atoms with Gasteiger partial charge in [0.25, 0.3) is 0 Å². The molecular weight excluding hydrogens is 366 g/mol. The normalized spacial score (nSPS) is 12.7. The highest BCUT2D eigenvalue weighted by molar-refractivity contribution is 6.34. The first kappa shape index (κ1) is 14.9. The molecule has 8 rings (SSSR count). The molecular formula is C28H15NO. The SMILES string of the molecule is c1ccc2c(c1)ccc1c2c2cccc3c4c5c(ccc4n1c23)oc1ccccc15. The van der Waals surface area contributed by atoms with Crippen molar-refractivity contribution in [1.82, 2.24) is 4.40 Å². The molecule has 2 nitrogen and oxygen atoms in total. The van der Waals surface area contributed by atoms with E-state index in [0.717, 1.165) is 11.2 Å². The van der Waals surface area contributed by atoms with Gasteiger partial charge < -0.3 is 8.82 Å². The quantitative estimate of drug-likeness (QED) is 0.261. The molecule has 0 atom stereocenters. The summed E-state index contributed by atoms with van der Waals surface area (Å²) in [5, 5.41) is 10.2. The van der Waals surface area contributed by atoms with Gasteiger partial charge in [0, 0.05) is 32.3 Å². The Labute approximate surface area is 170 Å². The molecule has 0 unspecified atom stereocenters. The second-order valence-corrected chi connectivity index (χ2v) is 8.15. The molecule has 0 bridgehead atoms. The topological polar surface area (TPSA) is 17.6 Å². The summed E-state index contributed by atoms with van der Waals surface area (Å²) in [6, 6.07) is 32.6. The van der Waals surface area contributed by atoms with Crippen LogP contribution >= 0.6 is 0 Å². The fourth-order valence-corrected chi connectivity index (χ4v) is 5.55. The lowest BCUT2D eigenvalue weighted by atomic mass is 10.0. The van der Waals surface area contributed by atoms with Gasteiger partial charge in [0.1, 0.15) is 11.2 Å². The van der Waals surface area contributed by atoms with E-state index < -0.39 is 0 Å². The van der Waals surface area contributed by atoms with Crippen molar-refractivity contribution in [2.45, 2.75) is 0 Å². The summed E-state index contributed by atoms with van der Waals surface area (Å²) in [5.74, 6) is 0. The summed E-state index contributed by atoms with van der Waals surface area (Å²) < 4.78 is 8.63. The average molecular weight is 381 g/mol. The van der Waals surface area contributed by atoms with Gasteiger partial charge in [-0.1, -0.05) is 66.7 Å². The van der Waals surface area contributed by atoms with Gasteiger partial charge in [0.15, 0.2) is 0 Å². The Hall–Kier alpha value is -4.04. The van der Waals surface area contributed by atoms with E-state index in [9.17, 15) is 0 Å². The van der Waals surface area contributed by atoms with Gasteiger partial charge in [-0.2, -0.15) is 0 Å². The highest BCUT2D eigenvalue weighted by Gasteiger charge is 2.21. The third-order valence-electron chi connectivity index (χ3n) is 6.71. The van der Waals surface area contributed by atoms with Crippen LogP contribution in [0.15, 0.2) is 95.4 Å². The largest absolute Gasteiger partial charge is 0.456 e. The number of hydrogen-bond acceptors (Lipinski definition) is 1. The molecule has 0 aliphatic carbocycles. The minimum atomic E-state index is 0.945. The lowest BCUT2D eigenvalue weighted by Crippen LogP contribution is -1.81. The molecule has 2 heteroatoms. The Morgan fingerprint density at radius 3 is 2.10 bits per heavy atom. The van der Waals surface area contributed by atoms with Crippen LogP contribution in [0.5, 0.6) is 0 Å². The van der Waals surface area contributed by atoms with Crippen LogP contribution in [-0.2, 0) is 0 Å². The van der Waals surface area contributed by atoms with Crippen molar-refractivity contribution in [3.8, 4) is 0 Å². The van der Waals surface area contributed by atoms with Crippen LogP contribution in [0.2, 0.25) is 0 Å². The number of aromatic nitrogens is 1. The van der Waals surface area contributed by atoms with Gasteiger partial charge in [-0.25, -0.2) is 0 Å². The summed E-state index contributed by atoms with van der Waals surface area (Å²) in [7, 11) is 0. The predicted octanol–water partition coefficient (Wildman–Crippen LogP) is 7.89. The fraction of sp³-hybridized carbons (Fsp3) is 0. The van der Waals surface area contributed by atoms with Crippen LogP contribution in [-0.4, -0.2) is 4.40 Å². The van der Waals surface area contributed by atoms with E-state index in [1.807, 2.05) is 6.07 Å². The molecule has 138 valence electrons.